The van der Waals surface area contributed by atoms with E-state index in [0.29, 0.717) is 17.4 Å². The maximum Gasteiger partial charge on any atom is 0.472 e. The molecule has 358 valence electrons. The second-order valence-corrected chi connectivity index (χ2v) is 20.4. The highest BCUT2D eigenvalue weighted by Crippen LogP contribution is 2.43. The van der Waals surface area contributed by atoms with Crippen molar-refractivity contribution in [3.63, 3.8) is 0 Å². The van der Waals surface area contributed by atoms with Gasteiger partial charge in [-0.25, -0.2) is 4.57 Å². The van der Waals surface area contributed by atoms with E-state index in [4.69, 9.17) is 18.5 Å². The summed E-state index contributed by atoms with van der Waals surface area (Å²) in [6.45, 7) is 4.49. The minimum atomic E-state index is -4.37. The number of hydrogen-bond acceptors (Lipinski definition) is 7. The Morgan fingerprint density at radius 1 is 0.450 bits per heavy atom. The van der Waals surface area contributed by atoms with Crippen LogP contribution >= 0.6 is 7.82 Å². The third kappa shape index (κ3) is 46.5. The zero-order valence-corrected chi connectivity index (χ0v) is 41.4. The van der Waals surface area contributed by atoms with Crippen molar-refractivity contribution in [2.75, 3.05) is 47.5 Å². The van der Waals surface area contributed by atoms with E-state index in [1.54, 1.807) is 0 Å². The molecule has 10 heteroatoms. The minimum absolute atomic E-state index is 0.0371. The number of phosphoric acid groups is 1. The molecular weight excluding hydrogens is 774 g/mol. The summed E-state index contributed by atoms with van der Waals surface area (Å²) in [5, 5.41) is 0. The van der Waals surface area contributed by atoms with Crippen LogP contribution < -0.4 is 0 Å². The summed E-state index contributed by atoms with van der Waals surface area (Å²) in [4.78, 5) is 35.5. The molecule has 1 unspecified atom stereocenters. The Labute approximate surface area is 372 Å². The lowest BCUT2D eigenvalue weighted by atomic mass is 10.0. The van der Waals surface area contributed by atoms with Crippen LogP contribution in [0.25, 0.3) is 0 Å². The molecule has 0 aromatic rings. The van der Waals surface area contributed by atoms with E-state index in [0.717, 1.165) is 38.5 Å². The molecule has 0 aliphatic carbocycles. The van der Waals surface area contributed by atoms with E-state index in [1.807, 2.05) is 21.1 Å². The van der Waals surface area contributed by atoms with Crippen LogP contribution in [-0.2, 0) is 32.7 Å². The van der Waals surface area contributed by atoms with Gasteiger partial charge in [-0.1, -0.05) is 232 Å². The van der Waals surface area contributed by atoms with Gasteiger partial charge >= 0.3 is 19.8 Å². The molecule has 0 aliphatic rings. The van der Waals surface area contributed by atoms with Gasteiger partial charge < -0.3 is 18.9 Å². The summed E-state index contributed by atoms with van der Waals surface area (Å²) in [7, 11) is 1.50. The smallest absolute Gasteiger partial charge is 0.462 e. The van der Waals surface area contributed by atoms with Gasteiger partial charge in [0.05, 0.1) is 27.7 Å². The van der Waals surface area contributed by atoms with E-state index < -0.39 is 26.5 Å². The number of ether oxygens (including phenoxy) is 2. The van der Waals surface area contributed by atoms with E-state index in [9.17, 15) is 19.0 Å². The van der Waals surface area contributed by atoms with Crippen LogP contribution in [0.5, 0.6) is 0 Å². The number of quaternary nitrogens is 1. The van der Waals surface area contributed by atoms with Crippen LogP contribution in [0, 0.1) is 0 Å². The molecule has 0 rings (SSSR count). The Morgan fingerprint density at radius 2 is 0.750 bits per heavy atom. The Morgan fingerprint density at radius 3 is 1.07 bits per heavy atom. The standard InChI is InChI=1S/C50H100NO8P/c1-6-8-10-12-14-16-18-20-22-23-24-25-26-27-29-30-32-34-36-38-40-42-49(52)56-46-48(47-58-60(54,55)57-45-44-51(3,4)5)59-50(53)43-41-39-37-35-33-31-28-21-19-17-15-13-11-9-7-2/h48H,6-47H2,1-5H3/p+1/t48-/m1/s1. The van der Waals surface area contributed by atoms with E-state index in [2.05, 4.69) is 13.8 Å². The Bertz CT molecular complexity index is 990. The zero-order chi connectivity index (χ0) is 44.3. The molecule has 1 N–H and O–H groups in total. The lowest BCUT2D eigenvalue weighted by Crippen LogP contribution is -2.37. The first kappa shape index (κ1) is 59.0. The van der Waals surface area contributed by atoms with Crippen LogP contribution in [0.2, 0.25) is 0 Å². The summed E-state index contributed by atoms with van der Waals surface area (Å²) in [6.07, 6.45) is 45.8. The highest BCUT2D eigenvalue weighted by atomic mass is 31.2. The predicted molar refractivity (Wildman–Crippen MR) is 252 cm³/mol. The summed E-state index contributed by atoms with van der Waals surface area (Å²) in [5.41, 5.74) is 0. The molecule has 0 amide bonds. The van der Waals surface area contributed by atoms with Gasteiger partial charge in [-0.05, 0) is 12.8 Å². The third-order valence-electron chi connectivity index (χ3n) is 11.6. The average molecular weight is 875 g/mol. The fourth-order valence-electron chi connectivity index (χ4n) is 7.61. The summed E-state index contributed by atoms with van der Waals surface area (Å²) in [6, 6.07) is 0. The SMILES string of the molecule is CCCCCCCCCCCCCCCCCCCCCCCC(=O)OC[C@H](COP(=O)(O)OCC[N+](C)(C)C)OC(=O)CCCCCCCCCCCCCCCCC. The van der Waals surface area contributed by atoms with Gasteiger partial charge in [0.1, 0.15) is 19.8 Å². The van der Waals surface area contributed by atoms with Crippen molar-refractivity contribution < 1.29 is 42.1 Å². The molecule has 0 fully saturated rings. The third-order valence-corrected chi connectivity index (χ3v) is 12.6. The average Bonchev–Trinajstić information content (AvgIpc) is 3.20. The van der Waals surface area contributed by atoms with Gasteiger partial charge in [0.15, 0.2) is 6.10 Å². The minimum Gasteiger partial charge on any atom is -0.462 e. The Hall–Kier alpha value is -0.990. The summed E-state index contributed by atoms with van der Waals surface area (Å²) >= 11 is 0. The summed E-state index contributed by atoms with van der Waals surface area (Å²) < 4.78 is 34.5. The van der Waals surface area contributed by atoms with Crippen LogP contribution in [0.4, 0.5) is 0 Å². The van der Waals surface area contributed by atoms with Crippen molar-refractivity contribution in [2.24, 2.45) is 0 Å². The number of rotatable bonds is 48. The van der Waals surface area contributed by atoms with E-state index >= 15 is 0 Å². The lowest BCUT2D eigenvalue weighted by molar-refractivity contribution is -0.870. The number of carbonyl (C=O) groups is 2. The van der Waals surface area contributed by atoms with Gasteiger partial charge in [0.2, 0.25) is 0 Å². The first-order valence-electron chi connectivity index (χ1n) is 25.8. The molecule has 0 saturated carbocycles. The molecule has 0 spiro atoms. The monoisotopic (exact) mass is 875 g/mol. The molecule has 0 aliphatic heterocycles. The molecule has 9 nitrogen and oxygen atoms in total. The number of nitrogens with zero attached hydrogens (tertiary/aromatic N) is 1. The molecule has 0 aromatic carbocycles. The maximum absolute atomic E-state index is 12.7. The van der Waals surface area contributed by atoms with Crippen molar-refractivity contribution in [2.45, 2.75) is 264 Å². The van der Waals surface area contributed by atoms with Crippen molar-refractivity contribution in [3.8, 4) is 0 Å². The largest absolute Gasteiger partial charge is 0.472 e. The van der Waals surface area contributed by atoms with Crippen molar-refractivity contribution in [1.29, 1.82) is 0 Å². The maximum atomic E-state index is 12.7. The number of phosphoric ester groups is 1. The zero-order valence-electron chi connectivity index (χ0n) is 40.5. The number of unbranched alkanes of at least 4 members (excludes halogenated alkanes) is 34. The number of carbonyl (C=O) groups excluding carboxylic acids is 2. The van der Waals surface area contributed by atoms with Gasteiger partial charge in [-0.2, -0.15) is 0 Å². The Kier molecular flexibility index (Phi) is 42.6. The topological polar surface area (TPSA) is 108 Å². The second kappa shape index (κ2) is 43.3. The quantitative estimate of drug-likeness (QED) is 0.0279. The van der Waals surface area contributed by atoms with Gasteiger partial charge in [-0.3, -0.25) is 18.6 Å². The second-order valence-electron chi connectivity index (χ2n) is 18.9. The molecular formula is C50H101NO8P+. The predicted octanol–water partition coefficient (Wildman–Crippen LogP) is 15.1. The van der Waals surface area contributed by atoms with Gasteiger partial charge in [-0.15, -0.1) is 0 Å². The number of likely N-dealkylation sites (N-methyl/N-ethyl adjacent to an activating group) is 1. The Balaban J connectivity index is 4.17. The molecule has 0 radical (unpaired) electrons. The number of esters is 2. The van der Waals surface area contributed by atoms with Crippen molar-refractivity contribution >= 4 is 19.8 Å². The van der Waals surface area contributed by atoms with E-state index in [1.165, 1.54) is 193 Å². The van der Waals surface area contributed by atoms with Gasteiger partial charge in [0, 0.05) is 12.8 Å². The molecule has 60 heavy (non-hydrogen) atoms. The molecule has 0 bridgehead atoms. The molecule has 0 aromatic heterocycles. The molecule has 0 heterocycles. The molecule has 2 atom stereocenters. The van der Waals surface area contributed by atoms with Crippen LogP contribution in [-0.4, -0.2) is 74.9 Å². The van der Waals surface area contributed by atoms with Crippen LogP contribution in [0.15, 0.2) is 0 Å². The summed E-state index contributed by atoms with van der Waals surface area (Å²) in [5.74, 6) is -0.778. The van der Waals surface area contributed by atoms with Crippen molar-refractivity contribution in [1.82, 2.24) is 0 Å². The van der Waals surface area contributed by atoms with Crippen LogP contribution in [0.3, 0.4) is 0 Å². The fourth-order valence-corrected chi connectivity index (χ4v) is 8.35. The highest BCUT2D eigenvalue weighted by Gasteiger charge is 2.27. The van der Waals surface area contributed by atoms with Crippen LogP contribution in [0.1, 0.15) is 258 Å². The highest BCUT2D eigenvalue weighted by molar-refractivity contribution is 7.47. The lowest BCUT2D eigenvalue weighted by Gasteiger charge is -2.24. The van der Waals surface area contributed by atoms with E-state index in [-0.39, 0.29) is 25.6 Å². The normalized spacial score (nSPS) is 13.4. The van der Waals surface area contributed by atoms with Crippen molar-refractivity contribution in [3.05, 3.63) is 0 Å². The number of hydrogen-bond donors (Lipinski definition) is 1. The van der Waals surface area contributed by atoms with Gasteiger partial charge in [0.25, 0.3) is 0 Å². The first-order valence-corrected chi connectivity index (χ1v) is 27.3. The first-order chi connectivity index (χ1) is 29.0. The fraction of sp³-hybridized carbons (Fsp3) is 0.960. The molecule has 0 saturated heterocycles.